The van der Waals surface area contributed by atoms with E-state index in [1.165, 1.54) is 0 Å². The topological polar surface area (TPSA) is 9.23 Å². The van der Waals surface area contributed by atoms with Crippen molar-refractivity contribution in [3.05, 3.63) is 29.8 Å². The average molecular weight is 225 g/mol. The van der Waals surface area contributed by atoms with Crippen LogP contribution in [0, 0.1) is 10.7 Å². The van der Waals surface area contributed by atoms with E-state index >= 15 is 0 Å². The van der Waals surface area contributed by atoms with Gasteiger partial charge in [-0.05, 0) is 0 Å². The molecule has 0 heterocycles. The Kier molecular flexibility index (Phi) is 3.73. The number of para-hydroxylation sites is 1. The Morgan fingerprint density at radius 2 is 2.08 bits per heavy atom. The molecule has 0 N–H and O–H groups in total. The summed E-state index contributed by atoms with van der Waals surface area (Å²) in [5.41, 5.74) is 0.976. The molecule has 62 valence electrons. The molecule has 0 atom stereocenters. The Labute approximate surface area is 79.3 Å². The van der Waals surface area contributed by atoms with Gasteiger partial charge in [0.05, 0.1) is 0 Å². The molecule has 12 heavy (non-hydrogen) atoms. The Bertz CT molecular complexity index is 309. The molecule has 1 nitrogen and oxygen atoms in total. The molecule has 0 aromatic heterocycles. The molecule has 0 saturated carbocycles. The SMILES string of the molecule is COc1ccccc1C#C[Se]C. The maximum absolute atomic E-state index is 5.15. The molecule has 0 aliphatic rings. The van der Waals surface area contributed by atoms with Gasteiger partial charge >= 0.3 is 78.9 Å². The van der Waals surface area contributed by atoms with Crippen LogP contribution in [0.3, 0.4) is 0 Å². The molecule has 0 aliphatic carbocycles. The first kappa shape index (κ1) is 9.19. The molecule has 1 aromatic rings. The third-order valence-electron chi connectivity index (χ3n) is 1.39. The molecular formula is C10H10OSe. The number of ether oxygens (including phenoxy) is 1. The van der Waals surface area contributed by atoms with Gasteiger partial charge in [-0.15, -0.1) is 0 Å². The quantitative estimate of drug-likeness (QED) is 0.522. The second kappa shape index (κ2) is 4.87. The number of rotatable bonds is 1. The van der Waals surface area contributed by atoms with Crippen molar-refractivity contribution in [3.8, 4) is 16.5 Å². The van der Waals surface area contributed by atoms with Gasteiger partial charge < -0.3 is 0 Å². The molecule has 1 rings (SSSR count). The van der Waals surface area contributed by atoms with Gasteiger partial charge in [0, 0.05) is 0 Å². The van der Waals surface area contributed by atoms with Crippen LogP contribution in [0.2, 0.25) is 5.82 Å². The summed E-state index contributed by atoms with van der Waals surface area (Å²) in [4.78, 5) is 3.07. The van der Waals surface area contributed by atoms with Crippen molar-refractivity contribution in [2.45, 2.75) is 5.82 Å². The Balaban J connectivity index is 2.97. The van der Waals surface area contributed by atoms with Gasteiger partial charge in [-0.1, -0.05) is 0 Å². The van der Waals surface area contributed by atoms with E-state index < -0.39 is 0 Å². The van der Waals surface area contributed by atoms with Gasteiger partial charge in [-0.2, -0.15) is 0 Å². The Morgan fingerprint density at radius 1 is 1.33 bits per heavy atom. The van der Waals surface area contributed by atoms with Crippen LogP contribution in [0.5, 0.6) is 5.75 Å². The summed E-state index contributed by atoms with van der Waals surface area (Å²) in [6.07, 6.45) is 0. The van der Waals surface area contributed by atoms with Crippen molar-refractivity contribution in [2.24, 2.45) is 0 Å². The van der Waals surface area contributed by atoms with Crippen molar-refractivity contribution in [1.29, 1.82) is 0 Å². The van der Waals surface area contributed by atoms with Crippen LogP contribution >= 0.6 is 0 Å². The van der Waals surface area contributed by atoms with Crippen molar-refractivity contribution >= 4 is 15.0 Å². The fourth-order valence-electron chi connectivity index (χ4n) is 0.854. The first-order chi connectivity index (χ1) is 5.88. The first-order valence-corrected chi connectivity index (χ1v) is 6.12. The molecule has 0 spiro atoms. The number of methoxy groups -OCH3 is 1. The molecule has 0 fully saturated rings. The monoisotopic (exact) mass is 226 g/mol. The summed E-state index contributed by atoms with van der Waals surface area (Å²) < 4.78 is 5.15. The van der Waals surface area contributed by atoms with Gasteiger partial charge in [-0.25, -0.2) is 0 Å². The second-order valence-electron chi connectivity index (χ2n) is 2.13. The molecule has 0 radical (unpaired) electrons. The summed E-state index contributed by atoms with van der Waals surface area (Å²) in [6.45, 7) is 0. The standard InChI is InChI=1S/C10H10OSe/c1-11-10-6-4-3-5-9(10)7-8-12-2/h3-6H,1-2H3. The summed E-state index contributed by atoms with van der Waals surface area (Å²) in [5, 5.41) is 0. The molecule has 0 bridgehead atoms. The predicted octanol–water partition coefficient (Wildman–Crippen LogP) is 1.76. The minimum absolute atomic E-state index is 0.404. The van der Waals surface area contributed by atoms with Gasteiger partial charge in [-0.3, -0.25) is 0 Å². The van der Waals surface area contributed by atoms with E-state index in [9.17, 15) is 0 Å². The average Bonchev–Trinajstić information content (AvgIpc) is 2.15. The van der Waals surface area contributed by atoms with E-state index in [1.54, 1.807) is 7.11 Å². The van der Waals surface area contributed by atoms with E-state index in [-0.39, 0.29) is 0 Å². The molecule has 0 saturated heterocycles. The summed E-state index contributed by atoms with van der Waals surface area (Å²) >= 11 is 0.404. The van der Waals surface area contributed by atoms with Crippen molar-refractivity contribution < 1.29 is 4.74 Å². The second-order valence-corrected chi connectivity index (χ2v) is 3.42. The van der Waals surface area contributed by atoms with Gasteiger partial charge in [0.25, 0.3) is 0 Å². The zero-order valence-corrected chi connectivity index (χ0v) is 8.84. The third kappa shape index (κ3) is 2.30. The zero-order chi connectivity index (χ0) is 8.81. The maximum atomic E-state index is 5.15. The zero-order valence-electron chi connectivity index (χ0n) is 7.13. The summed E-state index contributed by atoms with van der Waals surface area (Å²) in [7, 11) is 1.66. The van der Waals surface area contributed by atoms with Gasteiger partial charge in [0.15, 0.2) is 0 Å². The fraction of sp³-hybridized carbons (Fsp3) is 0.200. The first-order valence-electron chi connectivity index (χ1n) is 3.55. The number of hydrogen-bond donors (Lipinski definition) is 0. The van der Waals surface area contributed by atoms with E-state index in [4.69, 9.17) is 4.74 Å². The number of benzene rings is 1. The predicted molar refractivity (Wildman–Crippen MR) is 51.5 cm³/mol. The summed E-state index contributed by atoms with van der Waals surface area (Å²) in [5.74, 6) is 6.02. The molecule has 0 unspecified atom stereocenters. The minimum atomic E-state index is 0.404. The Hall–Kier alpha value is -0.901. The molecule has 0 amide bonds. The summed E-state index contributed by atoms with van der Waals surface area (Å²) in [6, 6.07) is 7.81. The van der Waals surface area contributed by atoms with Crippen LogP contribution < -0.4 is 4.74 Å². The molecule has 1 aromatic carbocycles. The third-order valence-corrected chi connectivity index (χ3v) is 2.04. The fourth-order valence-corrected chi connectivity index (χ4v) is 1.30. The van der Waals surface area contributed by atoms with Crippen molar-refractivity contribution in [3.63, 3.8) is 0 Å². The van der Waals surface area contributed by atoms with Crippen LogP contribution in [0.1, 0.15) is 5.56 Å². The van der Waals surface area contributed by atoms with E-state index in [0.717, 1.165) is 11.3 Å². The Morgan fingerprint density at radius 3 is 2.75 bits per heavy atom. The van der Waals surface area contributed by atoms with Crippen LogP contribution in [0.15, 0.2) is 24.3 Å². The van der Waals surface area contributed by atoms with Gasteiger partial charge in [0.2, 0.25) is 0 Å². The number of hydrogen-bond acceptors (Lipinski definition) is 1. The van der Waals surface area contributed by atoms with E-state index in [2.05, 4.69) is 16.6 Å². The van der Waals surface area contributed by atoms with Crippen LogP contribution in [-0.4, -0.2) is 22.1 Å². The van der Waals surface area contributed by atoms with Crippen molar-refractivity contribution in [1.82, 2.24) is 0 Å². The van der Waals surface area contributed by atoms with Crippen LogP contribution in [0.25, 0.3) is 0 Å². The molecule has 2 heteroatoms. The van der Waals surface area contributed by atoms with E-state index in [1.807, 2.05) is 24.3 Å². The molecule has 0 aliphatic heterocycles. The normalized spacial score (nSPS) is 8.50. The molecular weight excluding hydrogens is 215 g/mol. The van der Waals surface area contributed by atoms with Gasteiger partial charge in [0.1, 0.15) is 0 Å². The van der Waals surface area contributed by atoms with Crippen molar-refractivity contribution in [2.75, 3.05) is 7.11 Å². The van der Waals surface area contributed by atoms with Crippen LogP contribution in [0.4, 0.5) is 0 Å². The van der Waals surface area contributed by atoms with E-state index in [0.29, 0.717) is 15.0 Å². The van der Waals surface area contributed by atoms with Crippen LogP contribution in [-0.2, 0) is 0 Å².